The van der Waals surface area contributed by atoms with E-state index in [9.17, 15) is 9.59 Å². The molecule has 0 aromatic carbocycles. The third-order valence-corrected chi connectivity index (χ3v) is 6.91. The Morgan fingerprint density at radius 2 is 1.95 bits per heavy atom. The maximum atomic E-state index is 12.5. The van der Waals surface area contributed by atoms with Crippen LogP contribution in [-0.4, -0.2) is 51.9 Å². The van der Waals surface area contributed by atoms with Gasteiger partial charge in [-0.25, -0.2) is 0 Å². The predicted octanol–water partition coefficient (Wildman–Crippen LogP) is 2.91. The zero-order chi connectivity index (χ0) is 15.7. The van der Waals surface area contributed by atoms with E-state index in [4.69, 9.17) is 0 Å². The molecule has 2 aliphatic heterocycles. The molecule has 2 saturated heterocycles. The first-order valence-electron chi connectivity index (χ1n) is 7.82. The van der Waals surface area contributed by atoms with E-state index >= 15 is 0 Å². The minimum Gasteiger partial charge on any atom is -0.338 e. The van der Waals surface area contributed by atoms with Gasteiger partial charge in [0.2, 0.25) is 5.91 Å². The average molecular weight is 338 g/mol. The Kier molecular flexibility index (Phi) is 4.50. The SMILES string of the molecule is CC(C)C(=O)N1CCSC12CCN(C(=O)c1cccs1)CC2. The van der Waals surface area contributed by atoms with Crippen molar-refractivity contribution in [3.8, 4) is 0 Å². The van der Waals surface area contributed by atoms with Gasteiger partial charge in [0.05, 0.1) is 9.75 Å². The molecule has 1 aromatic heterocycles. The van der Waals surface area contributed by atoms with Crippen molar-refractivity contribution in [3.63, 3.8) is 0 Å². The Morgan fingerprint density at radius 3 is 2.55 bits per heavy atom. The van der Waals surface area contributed by atoms with Gasteiger partial charge in [-0.1, -0.05) is 19.9 Å². The van der Waals surface area contributed by atoms with Crippen LogP contribution in [0.25, 0.3) is 0 Å². The number of likely N-dealkylation sites (tertiary alicyclic amines) is 1. The van der Waals surface area contributed by atoms with Crippen molar-refractivity contribution < 1.29 is 9.59 Å². The molecule has 1 aromatic rings. The van der Waals surface area contributed by atoms with Gasteiger partial charge in [-0.2, -0.15) is 0 Å². The number of thioether (sulfide) groups is 1. The van der Waals surface area contributed by atoms with Crippen LogP contribution in [0.15, 0.2) is 17.5 Å². The predicted molar refractivity (Wildman–Crippen MR) is 91.2 cm³/mol. The summed E-state index contributed by atoms with van der Waals surface area (Å²) in [4.78, 5) is 29.6. The summed E-state index contributed by atoms with van der Waals surface area (Å²) in [6.45, 7) is 6.26. The van der Waals surface area contributed by atoms with Crippen molar-refractivity contribution in [2.45, 2.75) is 31.6 Å². The van der Waals surface area contributed by atoms with Crippen LogP contribution in [0.4, 0.5) is 0 Å². The zero-order valence-electron chi connectivity index (χ0n) is 13.1. The maximum absolute atomic E-state index is 12.5. The van der Waals surface area contributed by atoms with Crippen LogP contribution in [-0.2, 0) is 4.79 Å². The number of piperidine rings is 1. The minimum atomic E-state index is -0.0758. The molecule has 22 heavy (non-hydrogen) atoms. The first kappa shape index (κ1) is 15.9. The number of nitrogens with zero attached hydrogens (tertiary/aromatic N) is 2. The van der Waals surface area contributed by atoms with E-state index in [1.54, 1.807) is 0 Å². The molecule has 0 N–H and O–H groups in total. The summed E-state index contributed by atoms with van der Waals surface area (Å²) in [6, 6.07) is 3.80. The highest BCUT2D eigenvalue weighted by molar-refractivity contribution is 8.00. The highest BCUT2D eigenvalue weighted by Crippen LogP contribution is 2.44. The van der Waals surface area contributed by atoms with Crippen molar-refractivity contribution >= 4 is 34.9 Å². The van der Waals surface area contributed by atoms with Crippen molar-refractivity contribution in [3.05, 3.63) is 22.4 Å². The quantitative estimate of drug-likeness (QED) is 0.832. The smallest absolute Gasteiger partial charge is 0.263 e. The van der Waals surface area contributed by atoms with Gasteiger partial charge in [0.15, 0.2) is 0 Å². The lowest BCUT2D eigenvalue weighted by Gasteiger charge is -2.44. The van der Waals surface area contributed by atoms with E-state index in [0.717, 1.165) is 43.1 Å². The fraction of sp³-hybridized carbons (Fsp3) is 0.625. The number of carbonyl (C=O) groups excluding carboxylic acids is 2. The third kappa shape index (κ3) is 2.78. The molecule has 2 amide bonds. The molecular formula is C16H22N2O2S2. The van der Waals surface area contributed by atoms with Crippen LogP contribution in [0.5, 0.6) is 0 Å². The molecule has 0 unspecified atom stereocenters. The molecule has 1 spiro atoms. The fourth-order valence-electron chi connectivity index (χ4n) is 3.26. The summed E-state index contributed by atoms with van der Waals surface area (Å²) in [5, 5.41) is 1.94. The van der Waals surface area contributed by atoms with Gasteiger partial charge in [0, 0.05) is 31.3 Å². The summed E-state index contributed by atoms with van der Waals surface area (Å²) < 4.78 is 0. The van der Waals surface area contributed by atoms with E-state index in [1.165, 1.54) is 11.3 Å². The summed E-state index contributed by atoms with van der Waals surface area (Å²) >= 11 is 3.40. The van der Waals surface area contributed by atoms with Gasteiger partial charge in [-0.05, 0) is 24.3 Å². The van der Waals surface area contributed by atoms with Gasteiger partial charge >= 0.3 is 0 Å². The van der Waals surface area contributed by atoms with Crippen LogP contribution in [0.3, 0.4) is 0 Å². The number of hydrogen-bond acceptors (Lipinski definition) is 4. The highest BCUT2D eigenvalue weighted by atomic mass is 32.2. The Balaban J connectivity index is 1.68. The molecule has 3 heterocycles. The Morgan fingerprint density at radius 1 is 1.23 bits per heavy atom. The third-order valence-electron chi connectivity index (χ3n) is 4.50. The number of rotatable bonds is 2. The number of thiophene rings is 1. The molecule has 120 valence electrons. The second-order valence-corrected chi connectivity index (χ2v) is 8.61. The summed E-state index contributed by atoms with van der Waals surface area (Å²) in [5.74, 6) is 1.44. The Bertz CT molecular complexity index is 549. The van der Waals surface area contributed by atoms with E-state index in [0.29, 0.717) is 0 Å². The fourth-order valence-corrected chi connectivity index (χ4v) is 5.41. The molecule has 2 fully saturated rings. The number of amides is 2. The normalized spacial score (nSPS) is 20.9. The molecule has 3 rings (SSSR count). The van der Waals surface area contributed by atoms with E-state index < -0.39 is 0 Å². The molecule has 2 aliphatic rings. The van der Waals surface area contributed by atoms with Crippen molar-refractivity contribution in [2.75, 3.05) is 25.4 Å². The van der Waals surface area contributed by atoms with Crippen molar-refractivity contribution in [1.82, 2.24) is 9.80 Å². The average Bonchev–Trinajstić information content (AvgIpc) is 3.16. The van der Waals surface area contributed by atoms with Gasteiger partial charge in [0.25, 0.3) is 5.91 Å². The van der Waals surface area contributed by atoms with Gasteiger partial charge in [0.1, 0.15) is 0 Å². The Labute approximate surface area is 139 Å². The van der Waals surface area contributed by atoms with E-state index in [1.807, 2.05) is 48.0 Å². The highest BCUT2D eigenvalue weighted by Gasteiger charge is 2.47. The molecule has 0 atom stereocenters. The largest absolute Gasteiger partial charge is 0.338 e. The molecule has 6 heteroatoms. The van der Waals surface area contributed by atoms with E-state index in [2.05, 4.69) is 4.90 Å². The van der Waals surface area contributed by atoms with Crippen LogP contribution in [0.2, 0.25) is 0 Å². The summed E-state index contributed by atoms with van der Waals surface area (Å²) in [5.41, 5.74) is 0. The molecule has 0 radical (unpaired) electrons. The van der Waals surface area contributed by atoms with Crippen molar-refractivity contribution in [2.24, 2.45) is 5.92 Å². The molecule has 0 saturated carbocycles. The zero-order valence-corrected chi connectivity index (χ0v) is 14.7. The Hall–Kier alpha value is -1.01. The summed E-state index contributed by atoms with van der Waals surface area (Å²) in [6.07, 6.45) is 1.76. The maximum Gasteiger partial charge on any atom is 0.263 e. The topological polar surface area (TPSA) is 40.6 Å². The monoisotopic (exact) mass is 338 g/mol. The lowest BCUT2D eigenvalue weighted by molar-refractivity contribution is -0.137. The molecular weight excluding hydrogens is 316 g/mol. The second-order valence-electron chi connectivity index (χ2n) is 6.21. The van der Waals surface area contributed by atoms with Crippen LogP contribution in [0.1, 0.15) is 36.4 Å². The van der Waals surface area contributed by atoms with Gasteiger partial charge in [-0.15, -0.1) is 23.1 Å². The van der Waals surface area contributed by atoms with Gasteiger partial charge in [-0.3, -0.25) is 9.59 Å². The molecule has 0 aliphatic carbocycles. The second kappa shape index (κ2) is 6.24. The van der Waals surface area contributed by atoms with E-state index in [-0.39, 0.29) is 22.6 Å². The number of hydrogen-bond donors (Lipinski definition) is 0. The first-order valence-corrected chi connectivity index (χ1v) is 9.68. The standard InChI is InChI=1S/C16H22N2O2S2/c1-12(2)14(19)18-9-11-22-16(18)5-7-17(8-6-16)15(20)13-4-3-10-21-13/h3-4,10,12H,5-9,11H2,1-2H3. The first-order chi connectivity index (χ1) is 10.5. The molecule has 4 nitrogen and oxygen atoms in total. The van der Waals surface area contributed by atoms with Crippen molar-refractivity contribution in [1.29, 1.82) is 0 Å². The minimum absolute atomic E-state index is 0.0429. The lowest BCUT2D eigenvalue weighted by Crippen LogP contribution is -2.54. The van der Waals surface area contributed by atoms with Crippen LogP contribution < -0.4 is 0 Å². The van der Waals surface area contributed by atoms with Crippen LogP contribution >= 0.6 is 23.1 Å². The number of carbonyl (C=O) groups is 2. The lowest BCUT2D eigenvalue weighted by atomic mass is 10.00. The summed E-state index contributed by atoms with van der Waals surface area (Å²) in [7, 11) is 0. The van der Waals surface area contributed by atoms with Gasteiger partial charge < -0.3 is 9.80 Å². The molecule has 0 bridgehead atoms. The van der Waals surface area contributed by atoms with Crippen LogP contribution in [0, 0.1) is 5.92 Å².